The van der Waals surface area contributed by atoms with Crippen molar-refractivity contribution in [3.63, 3.8) is 0 Å². The van der Waals surface area contributed by atoms with Gasteiger partial charge in [0.1, 0.15) is 0 Å². The first-order chi connectivity index (χ1) is 9.78. The van der Waals surface area contributed by atoms with Crippen molar-refractivity contribution < 1.29 is 0 Å². The molecule has 1 aliphatic rings. The van der Waals surface area contributed by atoms with Crippen molar-refractivity contribution >= 4 is 11.4 Å². The first kappa shape index (κ1) is 13.0. The number of benzene rings is 1. The minimum atomic E-state index is 0.924. The Kier molecular flexibility index (Phi) is 3.63. The zero-order chi connectivity index (χ0) is 13.9. The number of rotatable bonds is 3. The lowest BCUT2D eigenvalue weighted by molar-refractivity contribution is 0.604. The summed E-state index contributed by atoms with van der Waals surface area (Å²) in [6.45, 7) is 8.18. The highest BCUT2D eigenvalue weighted by Gasteiger charge is 2.16. The van der Waals surface area contributed by atoms with E-state index in [0.29, 0.717) is 0 Å². The molecule has 0 amide bonds. The molecule has 0 radical (unpaired) electrons. The van der Waals surface area contributed by atoms with Crippen LogP contribution in [0.4, 0.5) is 11.4 Å². The molecule has 0 fully saturated rings. The monoisotopic (exact) mass is 270 g/mol. The highest BCUT2D eigenvalue weighted by molar-refractivity contribution is 5.70. The summed E-state index contributed by atoms with van der Waals surface area (Å²) in [6.07, 6.45) is 1.16. The van der Waals surface area contributed by atoms with Gasteiger partial charge < -0.3 is 10.2 Å². The summed E-state index contributed by atoms with van der Waals surface area (Å²) in [4.78, 5) is 2.46. The summed E-state index contributed by atoms with van der Waals surface area (Å²) >= 11 is 0. The van der Waals surface area contributed by atoms with Crippen LogP contribution < -0.4 is 10.2 Å². The van der Waals surface area contributed by atoms with Crippen LogP contribution in [0.1, 0.15) is 24.7 Å². The minimum Gasteiger partial charge on any atom is -0.383 e. The number of aryl methyl sites for hydroxylation is 2. The molecule has 1 aliphatic heterocycles. The summed E-state index contributed by atoms with van der Waals surface area (Å²) in [6, 6.07) is 10.8. The maximum atomic E-state index is 4.55. The maximum Gasteiger partial charge on any atom is 0.0605 e. The molecule has 1 aromatic heterocycles. The second kappa shape index (κ2) is 5.57. The van der Waals surface area contributed by atoms with Crippen LogP contribution in [0, 0.1) is 6.92 Å². The topological polar surface area (TPSA) is 33.1 Å². The lowest BCUT2D eigenvalue weighted by atomic mass is 10.2. The normalized spacial score (nSPS) is 14.6. The lowest BCUT2D eigenvalue weighted by Crippen LogP contribution is -2.25. The fraction of sp³-hybridized carbons (Fsp3) is 0.438. The molecule has 0 saturated carbocycles. The molecule has 0 atom stereocenters. The van der Waals surface area contributed by atoms with Gasteiger partial charge >= 0.3 is 0 Å². The molecule has 3 rings (SSSR count). The van der Waals surface area contributed by atoms with E-state index < -0.39 is 0 Å². The molecule has 106 valence electrons. The van der Waals surface area contributed by atoms with E-state index in [-0.39, 0.29) is 0 Å². The number of hydrogen-bond donors (Lipinski definition) is 1. The van der Waals surface area contributed by atoms with Gasteiger partial charge in [-0.25, -0.2) is 0 Å². The van der Waals surface area contributed by atoms with E-state index in [1.807, 2.05) is 0 Å². The van der Waals surface area contributed by atoms with Crippen LogP contribution in [0.15, 0.2) is 30.3 Å². The van der Waals surface area contributed by atoms with Gasteiger partial charge in [-0.1, -0.05) is 12.1 Å². The molecule has 20 heavy (non-hydrogen) atoms. The van der Waals surface area contributed by atoms with Gasteiger partial charge in [0.05, 0.1) is 29.3 Å². The molecule has 2 aromatic rings. The smallest absolute Gasteiger partial charge is 0.0605 e. The average molecular weight is 270 g/mol. The van der Waals surface area contributed by atoms with Crippen LogP contribution in [0.5, 0.6) is 0 Å². The Bertz CT molecular complexity index is 588. The third-order valence-corrected chi connectivity index (χ3v) is 3.80. The molecule has 0 saturated heterocycles. The van der Waals surface area contributed by atoms with Crippen molar-refractivity contribution in [3.8, 4) is 0 Å². The highest BCUT2D eigenvalue weighted by atomic mass is 15.3. The molecule has 1 N–H and O–H groups in total. The molecule has 0 aliphatic carbocycles. The van der Waals surface area contributed by atoms with Gasteiger partial charge in [0, 0.05) is 19.6 Å². The summed E-state index contributed by atoms with van der Waals surface area (Å²) in [7, 11) is 0. The number of aromatic nitrogens is 2. The summed E-state index contributed by atoms with van der Waals surface area (Å²) in [5, 5.41) is 8.06. The Labute approximate surface area is 120 Å². The van der Waals surface area contributed by atoms with E-state index >= 15 is 0 Å². The third kappa shape index (κ3) is 2.50. The second-order valence-electron chi connectivity index (χ2n) is 5.31. The van der Waals surface area contributed by atoms with E-state index in [2.05, 4.69) is 64.2 Å². The minimum absolute atomic E-state index is 0.924. The van der Waals surface area contributed by atoms with Crippen LogP contribution in [-0.4, -0.2) is 22.9 Å². The zero-order valence-corrected chi connectivity index (χ0v) is 12.3. The van der Waals surface area contributed by atoms with Crippen molar-refractivity contribution in [3.05, 3.63) is 41.7 Å². The molecule has 4 nitrogen and oxygen atoms in total. The van der Waals surface area contributed by atoms with Gasteiger partial charge in [0.15, 0.2) is 0 Å². The van der Waals surface area contributed by atoms with E-state index in [1.165, 1.54) is 17.1 Å². The van der Waals surface area contributed by atoms with Crippen LogP contribution in [0.2, 0.25) is 0 Å². The number of fused-ring (bicyclic) bond motifs is 1. The van der Waals surface area contributed by atoms with Gasteiger partial charge in [-0.2, -0.15) is 5.10 Å². The molecule has 0 spiro atoms. The fourth-order valence-electron chi connectivity index (χ4n) is 2.87. The second-order valence-corrected chi connectivity index (χ2v) is 5.31. The highest BCUT2D eigenvalue weighted by Crippen LogP contribution is 2.29. The molecule has 2 heterocycles. The number of hydrogen-bond acceptors (Lipinski definition) is 3. The van der Waals surface area contributed by atoms with Gasteiger partial charge in [-0.3, -0.25) is 4.68 Å². The Hall–Kier alpha value is -1.97. The van der Waals surface area contributed by atoms with Crippen molar-refractivity contribution in [1.29, 1.82) is 0 Å². The number of para-hydroxylation sites is 2. The SMILES string of the molecule is CCn1nc(C)cc1CN1CCCNc2ccccc21. The maximum absolute atomic E-state index is 4.55. The first-order valence-corrected chi connectivity index (χ1v) is 7.39. The molecule has 0 bridgehead atoms. The van der Waals surface area contributed by atoms with E-state index in [1.54, 1.807) is 0 Å². The number of nitrogens with zero attached hydrogens (tertiary/aromatic N) is 3. The molecular formula is C16H22N4. The Morgan fingerprint density at radius 2 is 2.15 bits per heavy atom. The predicted molar refractivity (Wildman–Crippen MR) is 83.2 cm³/mol. The van der Waals surface area contributed by atoms with Crippen molar-refractivity contribution in [2.24, 2.45) is 0 Å². The first-order valence-electron chi connectivity index (χ1n) is 7.39. The molecule has 1 aromatic carbocycles. The molecular weight excluding hydrogens is 248 g/mol. The Balaban J connectivity index is 1.90. The Morgan fingerprint density at radius 3 is 3.00 bits per heavy atom. The van der Waals surface area contributed by atoms with E-state index in [0.717, 1.165) is 38.3 Å². The standard InChI is InChI=1S/C16H22N4/c1-3-20-14(11-13(2)18-20)12-19-10-6-9-17-15-7-4-5-8-16(15)19/h4-5,7-8,11,17H,3,6,9-10,12H2,1-2H3. The van der Waals surface area contributed by atoms with Gasteiger partial charge in [-0.15, -0.1) is 0 Å². The fourth-order valence-corrected chi connectivity index (χ4v) is 2.87. The number of anilines is 2. The van der Waals surface area contributed by atoms with Crippen LogP contribution in [-0.2, 0) is 13.1 Å². The van der Waals surface area contributed by atoms with Crippen molar-refractivity contribution in [2.45, 2.75) is 33.4 Å². The predicted octanol–water partition coefficient (Wildman–Crippen LogP) is 3.03. The van der Waals surface area contributed by atoms with Crippen LogP contribution >= 0.6 is 0 Å². The Morgan fingerprint density at radius 1 is 1.30 bits per heavy atom. The van der Waals surface area contributed by atoms with Crippen LogP contribution in [0.3, 0.4) is 0 Å². The van der Waals surface area contributed by atoms with Crippen LogP contribution in [0.25, 0.3) is 0 Å². The summed E-state index contributed by atoms with van der Waals surface area (Å²) in [5.74, 6) is 0. The van der Waals surface area contributed by atoms with Gasteiger partial charge in [0.25, 0.3) is 0 Å². The molecule has 0 unspecified atom stereocenters. The van der Waals surface area contributed by atoms with E-state index in [9.17, 15) is 0 Å². The van der Waals surface area contributed by atoms with E-state index in [4.69, 9.17) is 0 Å². The largest absolute Gasteiger partial charge is 0.383 e. The van der Waals surface area contributed by atoms with Gasteiger partial charge in [-0.05, 0) is 38.5 Å². The van der Waals surface area contributed by atoms with Gasteiger partial charge in [0.2, 0.25) is 0 Å². The number of nitrogens with one attached hydrogen (secondary N) is 1. The molecule has 4 heteroatoms. The quantitative estimate of drug-likeness (QED) is 0.930. The van der Waals surface area contributed by atoms with Crippen molar-refractivity contribution in [2.75, 3.05) is 23.3 Å². The lowest BCUT2D eigenvalue weighted by Gasteiger charge is -2.24. The average Bonchev–Trinajstić information content (AvgIpc) is 2.69. The zero-order valence-electron chi connectivity index (χ0n) is 12.3. The summed E-state index contributed by atoms with van der Waals surface area (Å²) < 4.78 is 2.11. The third-order valence-electron chi connectivity index (χ3n) is 3.80. The van der Waals surface area contributed by atoms with Crippen molar-refractivity contribution in [1.82, 2.24) is 9.78 Å². The summed E-state index contributed by atoms with van der Waals surface area (Å²) in [5.41, 5.74) is 4.93.